The summed E-state index contributed by atoms with van der Waals surface area (Å²) in [6.07, 6.45) is 3.55. The van der Waals surface area contributed by atoms with Crippen molar-refractivity contribution >= 4 is 11.5 Å². The van der Waals surface area contributed by atoms with E-state index in [1.54, 1.807) is 0 Å². The number of nitrogens with zero attached hydrogens (tertiary/aromatic N) is 4. The van der Waals surface area contributed by atoms with Gasteiger partial charge in [0.2, 0.25) is 0 Å². The molecule has 7 heteroatoms. The second-order valence-electron chi connectivity index (χ2n) is 4.46. The summed E-state index contributed by atoms with van der Waals surface area (Å²) in [5.41, 5.74) is 5.98. The minimum Gasteiger partial charge on any atom is -0.352 e. The summed E-state index contributed by atoms with van der Waals surface area (Å²) >= 11 is 0. The number of aromatic nitrogens is 4. The topological polar surface area (TPSA) is 92.3 Å². The molecule has 3 N–H and O–H groups in total. The molecule has 0 amide bonds. The lowest BCUT2D eigenvalue weighted by atomic mass is 10.1. The van der Waals surface area contributed by atoms with E-state index in [0.29, 0.717) is 18.2 Å². The molecule has 0 radical (unpaired) electrons. The molecule has 104 valence electrons. The molecule has 0 saturated carbocycles. The van der Waals surface area contributed by atoms with E-state index in [4.69, 9.17) is 5.73 Å². The standard InChI is InChI=1S/C12H20N6O/c1-3-9(4-2)17(6-5-13)10-7-11-15-16-12(19)18(11)8-14-10/h7-9H,3-6,13H2,1-2H3,(H,16,19). The highest BCUT2D eigenvalue weighted by Gasteiger charge is 2.17. The molecule has 2 rings (SSSR count). The molecule has 0 aliphatic carbocycles. The fourth-order valence-corrected chi connectivity index (χ4v) is 2.31. The van der Waals surface area contributed by atoms with E-state index in [1.165, 1.54) is 10.7 Å². The lowest BCUT2D eigenvalue weighted by Gasteiger charge is -2.31. The van der Waals surface area contributed by atoms with Crippen molar-refractivity contribution < 1.29 is 0 Å². The Bertz CT molecular complexity index is 585. The number of hydrogen-bond donors (Lipinski definition) is 2. The van der Waals surface area contributed by atoms with Gasteiger partial charge in [-0.3, -0.25) is 0 Å². The van der Waals surface area contributed by atoms with Crippen molar-refractivity contribution in [2.45, 2.75) is 32.7 Å². The molecule has 2 aromatic heterocycles. The highest BCUT2D eigenvalue weighted by atomic mass is 16.1. The van der Waals surface area contributed by atoms with Crippen molar-refractivity contribution in [2.75, 3.05) is 18.0 Å². The molecular weight excluding hydrogens is 244 g/mol. The lowest BCUT2D eigenvalue weighted by Crippen LogP contribution is -2.39. The molecule has 0 aliphatic heterocycles. The van der Waals surface area contributed by atoms with E-state index >= 15 is 0 Å². The van der Waals surface area contributed by atoms with Crippen LogP contribution in [0, 0.1) is 0 Å². The van der Waals surface area contributed by atoms with Crippen LogP contribution in [0.4, 0.5) is 5.82 Å². The van der Waals surface area contributed by atoms with Gasteiger partial charge in [0.1, 0.15) is 12.1 Å². The zero-order valence-electron chi connectivity index (χ0n) is 11.3. The second-order valence-corrected chi connectivity index (χ2v) is 4.46. The van der Waals surface area contributed by atoms with Crippen LogP contribution in [0.5, 0.6) is 0 Å². The van der Waals surface area contributed by atoms with E-state index in [0.717, 1.165) is 25.2 Å². The molecule has 19 heavy (non-hydrogen) atoms. The number of nitrogens with one attached hydrogen (secondary N) is 1. The number of H-pyrrole nitrogens is 1. The van der Waals surface area contributed by atoms with Crippen LogP contribution in [0.25, 0.3) is 5.65 Å². The Morgan fingerprint density at radius 3 is 2.84 bits per heavy atom. The Balaban J connectivity index is 2.40. The molecule has 0 bridgehead atoms. The maximum Gasteiger partial charge on any atom is 0.348 e. The van der Waals surface area contributed by atoms with Crippen molar-refractivity contribution in [3.8, 4) is 0 Å². The second kappa shape index (κ2) is 5.83. The van der Waals surface area contributed by atoms with Gasteiger partial charge in [0, 0.05) is 25.2 Å². The van der Waals surface area contributed by atoms with E-state index in [2.05, 4.69) is 33.9 Å². The van der Waals surface area contributed by atoms with E-state index in [1.807, 2.05) is 6.07 Å². The predicted molar refractivity (Wildman–Crippen MR) is 74.4 cm³/mol. The molecule has 0 spiro atoms. The summed E-state index contributed by atoms with van der Waals surface area (Å²) in [7, 11) is 0. The Kier molecular flexibility index (Phi) is 4.16. The van der Waals surface area contributed by atoms with Crippen molar-refractivity contribution in [1.82, 2.24) is 19.6 Å². The Hall–Kier alpha value is -1.89. The van der Waals surface area contributed by atoms with Crippen molar-refractivity contribution in [2.24, 2.45) is 5.73 Å². The first-order valence-corrected chi connectivity index (χ1v) is 6.60. The first-order chi connectivity index (χ1) is 9.21. The fraction of sp³-hybridized carbons (Fsp3) is 0.583. The third-order valence-corrected chi connectivity index (χ3v) is 3.34. The van der Waals surface area contributed by atoms with Crippen LogP contribution in [0.2, 0.25) is 0 Å². The van der Waals surface area contributed by atoms with Gasteiger partial charge in [-0.2, -0.15) is 5.10 Å². The predicted octanol–water partition coefficient (Wildman–Crippen LogP) is 0.371. The number of rotatable bonds is 6. The summed E-state index contributed by atoms with van der Waals surface area (Å²) in [5, 5.41) is 6.37. The van der Waals surface area contributed by atoms with Gasteiger partial charge in [0.05, 0.1) is 0 Å². The molecule has 0 saturated heterocycles. The van der Waals surface area contributed by atoms with Crippen LogP contribution in [-0.2, 0) is 0 Å². The van der Waals surface area contributed by atoms with Gasteiger partial charge in [-0.15, -0.1) is 0 Å². The smallest absolute Gasteiger partial charge is 0.348 e. The van der Waals surface area contributed by atoms with Gasteiger partial charge >= 0.3 is 5.69 Å². The summed E-state index contributed by atoms with van der Waals surface area (Å²) in [6, 6.07) is 2.20. The van der Waals surface area contributed by atoms with Crippen LogP contribution in [0.15, 0.2) is 17.2 Å². The molecule has 2 heterocycles. The van der Waals surface area contributed by atoms with Crippen LogP contribution in [0.3, 0.4) is 0 Å². The largest absolute Gasteiger partial charge is 0.352 e. The quantitative estimate of drug-likeness (QED) is 0.786. The summed E-state index contributed by atoms with van der Waals surface area (Å²) < 4.78 is 1.39. The highest BCUT2D eigenvalue weighted by molar-refractivity contribution is 5.50. The molecule has 0 aliphatic rings. The zero-order chi connectivity index (χ0) is 13.8. The van der Waals surface area contributed by atoms with E-state index < -0.39 is 0 Å². The SMILES string of the molecule is CCC(CC)N(CCN)c1cc2n[nH]c(=O)n2cn1. The van der Waals surface area contributed by atoms with Gasteiger partial charge in [0.25, 0.3) is 0 Å². The van der Waals surface area contributed by atoms with Gasteiger partial charge < -0.3 is 10.6 Å². The van der Waals surface area contributed by atoms with E-state index in [-0.39, 0.29) is 5.69 Å². The van der Waals surface area contributed by atoms with Crippen molar-refractivity contribution in [1.29, 1.82) is 0 Å². The third-order valence-electron chi connectivity index (χ3n) is 3.34. The number of fused-ring (bicyclic) bond motifs is 1. The van der Waals surface area contributed by atoms with Gasteiger partial charge in [-0.1, -0.05) is 13.8 Å². The molecular formula is C12H20N6O. The molecule has 7 nitrogen and oxygen atoms in total. The van der Waals surface area contributed by atoms with Gasteiger partial charge in [-0.05, 0) is 12.8 Å². The molecule has 0 fully saturated rings. The Morgan fingerprint density at radius 1 is 1.47 bits per heavy atom. The lowest BCUT2D eigenvalue weighted by molar-refractivity contribution is 0.554. The van der Waals surface area contributed by atoms with Crippen LogP contribution in [-0.4, -0.2) is 38.7 Å². The Morgan fingerprint density at radius 2 is 2.21 bits per heavy atom. The number of hydrogen-bond acceptors (Lipinski definition) is 5. The molecule has 0 unspecified atom stereocenters. The average Bonchev–Trinajstić information content (AvgIpc) is 2.80. The number of anilines is 1. The maximum absolute atomic E-state index is 11.4. The highest BCUT2D eigenvalue weighted by Crippen LogP contribution is 2.18. The Labute approximate surface area is 111 Å². The molecule has 0 atom stereocenters. The monoisotopic (exact) mass is 264 g/mol. The first-order valence-electron chi connectivity index (χ1n) is 6.60. The van der Waals surface area contributed by atoms with Crippen LogP contribution >= 0.6 is 0 Å². The molecule has 2 aromatic rings. The first kappa shape index (κ1) is 13.5. The summed E-state index contributed by atoms with van der Waals surface area (Å²) in [6.45, 7) is 5.60. The van der Waals surface area contributed by atoms with Crippen molar-refractivity contribution in [3.05, 3.63) is 22.9 Å². The van der Waals surface area contributed by atoms with Crippen LogP contribution < -0.4 is 16.3 Å². The minimum atomic E-state index is -0.276. The van der Waals surface area contributed by atoms with E-state index in [9.17, 15) is 4.79 Å². The molecule has 0 aromatic carbocycles. The van der Waals surface area contributed by atoms with Gasteiger partial charge in [-0.25, -0.2) is 19.3 Å². The zero-order valence-corrected chi connectivity index (χ0v) is 11.3. The van der Waals surface area contributed by atoms with Crippen molar-refractivity contribution in [3.63, 3.8) is 0 Å². The van der Waals surface area contributed by atoms with Gasteiger partial charge in [0.15, 0.2) is 5.65 Å². The number of aromatic amines is 1. The third kappa shape index (κ3) is 2.60. The normalized spacial score (nSPS) is 11.4. The maximum atomic E-state index is 11.4. The fourth-order valence-electron chi connectivity index (χ4n) is 2.31. The summed E-state index contributed by atoms with van der Waals surface area (Å²) in [5.74, 6) is 0.811. The summed E-state index contributed by atoms with van der Waals surface area (Å²) in [4.78, 5) is 17.9. The van der Waals surface area contributed by atoms with Crippen LogP contribution in [0.1, 0.15) is 26.7 Å². The minimum absolute atomic E-state index is 0.276. The number of nitrogens with two attached hydrogens (primary N) is 1. The average molecular weight is 264 g/mol.